The van der Waals surface area contributed by atoms with Gasteiger partial charge in [-0.3, -0.25) is 0 Å². The SMILES string of the molecule is NCC1(C(O)c2cccc(F)c2F)CCOC1. The molecule has 0 aliphatic carbocycles. The van der Waals surface area contributed by atoms with Gasteiger partial charge in [-0.15, -0.1) is 0 Å². The van der Waals surface area contributed by atoms with Crippen molar-refractivity contribution in [3.8, 4) is 0 Å². The Kier molecular flexibility index (Phi) is 3.42. The van der Waals surface area contributed by atoms with Gasteiger partial charge < -0.3 is 15.6 Å². The molecule has 1 fully saturated rings. The standard InChI is InChI=1S/C12H15F2NO2/c13-9-3-1-2-8(10(9)14)11(16)12(6-15)4-5-17-7-12/h1-3,11,16H,4-7,15H2. The predicted molar refractivity (Wildman–Crippen MR) is 58.2 cm³/mol. The van der Waals surface area contributed by atoms with Gasteiger partial charge in [-0.1, -0.05) is 12.1 Å². The summed E-state index contributed by atoms with van der Waals surface area (Å²) >= 11 is 0. The third-order valence-electron chi connectivity index (χ3n) is 3.40. The van der Waals surface area contributed by atoms with Gasteiger partial charge in [0.05, 0.1) is 12.7 Å². The Morgan fingerprint density at radius 3 is 2.82 bits per heavy atom. The Balaban J connectivity index is 2.35. The number of hydrogen-bond donors (Lipinski definition) is 2. The number of rotatable bonds is 3. The molecule has 1 aromatic carbocycles. The number of nitrogens with two attached hydrogens (primary N) is 1. The summed E-state index contributed by atoms with van der Waals surface area (Å²) in [5.41, 5.74) is 4.87. The van der Waals surface area contributed by atoms with E-state index in [1.54, 1.807) is 0 Å². The number of benzene rings is 1. The lowest BCUT2D eigenvalue weighted by atomic mass is 9.78. The molecule has 2 rings (SSSR count). The average Bonchev–Trinajstić information content (AvgIpc) is 2.82. The van der Waals surface area contributed by atoms with Crippen LogP contribution in [0.15, 0.2) is 18.2 Å². The van der Waals surface area contributed by atoms with Crippen LogP contribution in [0.4, 0.5) is 8.78 Å². The molecule has 1 aliphatic heterocycles. The lowest BCUT2D eigenvalue weighted by molar-refractivity contribution is 0.0164. The Labute approximate surface area is 98.2 Å². The minimum Gasteiger partial charge on any atom is -0.388 e. The molecule has 5 heteroatoms. The average molecular weight is 243 g/mol. The fourth-order valence-corrected chi connectivity index (χ4v) is 2.17. The highest BCUT2D eigenvalue weighted by atomic mass is 19.2. The van der Waals surface area contributed by atoms with Gasteiger partial charge in [0, 0.05) is 24.1 Å². The van der Waals surface area contributed by atoms with Crippen LogP contribution in [0, 0.1) is 17.0 Å². The van der Waals surface area contributed by atoms with E-state index in [1.807, 2.05) is 0 Å². The third kappa shape index (κ3) is 2.06. The number of ether oxygens (including phenoxy) is 1. The number of aliphatic hydroxyl groups is 1. The lowest BCUT2D eigenvalue weighted by Gasteiger charge is -2.31. The molecule has 0 radical (unpaired) electrons. The van der Waals surface area contributed by atoms with Crippen LogP contribution in [0.5, 0.6) is 0 Å². The smallest absolute Gasteiger partial charge is 0.164 e. The highest BCUT2D eigenvalue weighted by molar-refractivity contribution is 5.23. The van der Waals surface area contributed by atoms with Crippen LogP contribution in [0.2, 0.25) is 0 Å². The summed E-state index contributed by atoms with van der Waals surface area (Å²) in [6.07, 6.45) is -0.605. The van der Waals surface area contributed by atoms with Crippen molar-refractivity contribution in [3.63, 3.8) is 0 Å². The highest BCUT2D eigenvalue weighted by Gasteiger charge is 2.42. The van der Waals surface area contributed by atoms with E-state index in [0.717, 1.165) is 6.07 Å². The van der Waals surface area contributed by atoms with Crippen molar-refractivity contribution in [1.82, 2.24) is 0 Å². The first-order chi connectivity index (χ1) is 8.10. The van der Waals surface area contributed by atoms with Crippen molar-refractivity contribution < 1.29 is 18.6 Å². The first kappa shape index (κ1) is 12.4. The maximum atomic E-state index is 13.6. The van der Waals surface area contributed by atoms with E-state index in [0.29, 0.717) is 13.0 Å². The molecule has 3 N–H and O–H groups in total. The summed E-state index contributed by atoms with van der Waals surface area (Å²) in [4.78, 5) is 0. The second-order valence-corrected chi connectivity index (χ2v) is 4.41. The second-order valence-electron chi connectivity index (χ2n) is 4.41. The van der Waals surface area contributed by atoms with E-state index in [-0.39, 0.29) is 18.7 Å². The molecule has 0 spiro atoms. The molecule has 2 unspecified atom stereocenters. The van der Waals surface area contributed by atoms with Crippen LogP contribution in [-0.4, -0.2) is 24.9 Å². The van der Waals surface area contributed by atoms with Crippen molar-refractivity contribution >= 4 is 0 Å². The van der Waals surface area contributed by atoms with Crippen molar-refractivity contribution in [1.29, 1.82) is 0 Å². The molecule has 3 nitrogen and oxygen atoms in total. The lowest BCUT2D eigenvalue weighted by Crippen LogP contribution is -2.37. The molecule has 1 heterocycles. The van der Waals surface area contributed by atoms with Gasteiger partial charge in [-0.25, -0.2) is 8.78 Å². The topological polar surface area (TPSA) is 55.5 Å². The van der Waals surface area contributed by atoms with Gasteiger partial charge in [0.1, 0.15) is 0 Å². The summed E-state index contributed by atoms with van der Waals surface area (Å²) < 4.78 is 31.9. The fourth-order valence-electron chi connectivity index (χ4n) is 2.17. The zero-order valence-corrected chi connectivity index (χ0v) is 9.33. The van der Waals surface area contributed by atoms with E-state index in [9.17, 15) is 13.9 Å². The quantitative estimate of drug-likeness (QED) is 0.842. The zero-order valence-electron chi connectivity index (χ0n) is 9.33. The van der Waals surface area contributed by atoms with Crippen LogP contribution in [0.25, 0.3) is 0 Å². The van der Waals surface area contributed by atoms with E-state index in [2.05, 4.69) is 0 Å². The molecule has 0 aromatic heterocycles. The van der Waals surface area contributed by atoms with Crippen molar-refractivity contribution in [2.75, 3.05) is 19.8 Å². The molecule has 1 saturated heterocycles. The van der Waals surface area contributed by atoms with Crippen molar-refractivity contribution in [2.24, 2.45) is 11.1 Å². The Morgan fingerprint density at radius 1 is 1.47 bits per heavy atom. The molecule has 1 aromatic rings. The Hall–Kier alpha value is -1.04. The van der Waals surface area contributed by atoms with Crippen molar-refractivity contribution in [3.05, 3.63) is 35.4 Å². The molecule has 2 atom stereocenters. The summed E-state index contributed by atoms with van der Waals surface area (Å²) in [6, 6.07) is 3.77. The zero-order chi connectivity index (χ0) is 12.5. The molecule has 17 heavy (non-hydrogen) atoms. The van der Waals surface area contributed by atoms with Gasteiger partial charge in [-0.2, -0.15) is 0 Å². The van der Waals surface area contributed by atoms with Gasteiger partial charge in [0.25, 0.3) is 0 Å². The van der Waals surface area contributed by atoms with Gasteiger partial charge >= 0.3 is 0 Å². The molecule has 1 aliphatic rings. The number of aliphatic hydroxyl groups excluding tert-OH is 1. The van der Waals surface area contributed by atoms with E-state index >= 15 is 0 Å². The first-order valence-electron chi connectivity index (χ1n) is 5.50. The second kappa shape index (κ2) is 4.68. The highest BCUT2D eigenvalue weighted by Crippen LogP contribution is 2.41. The summed E-state index contributed by atoms with van der Waals surface area (Å²) in [6.45, 7) is 0.913. The van der Waals surface area contributed by atoms with E-state index in [1.165, 1.54) is 12.1 Å². The maximum Gasteiger partial charge on any atom is 0.164 e. The molecule has 0 amide bonds. The van der Waals surface area contributed by atoms with Gasteiger partial charge in [0.2, 0.25) is 0 Å². The van der Waals surface area contributed by atoms with Gasteiger partial charge in [0.15, 0.2) is 11.6 Å². The first-order valence-corrected chi connectivity index (χ1v) is 5.50. The van der Waals surface area contributed by atoms with Crippen molar-refractivity contribution in [2.45, 2.75) is 12.5 Å². The minimum absolute atomic E-state index is 0.0547. The maximum absolute atomic E-state index is 13.6. The largest absolute Gasteiger partial charge is 0.388 e. The predicted octanol–water partition coefficient (Wildman–Crippen LogP) is 1.36. The number of hydrogen-bond acceptors (Lipinski definition) is 3. The van der Waals surface area contributed by atoms with E-state index in [4.69, 9.17) is 10.5 Å². The number of halogens is 2. The Bertz CT molecular complexity index is 405. The summed E-state index contributed by atoms with van der Waals surface area (Å²) in [5, 5.41) is 10.2. The van der Waals surface area contributed by atoms with Crippen LogP contribution in [0.3, 0.4) is 0 Å². The molecular formula is C12H15F2NO2. The van der Waals surface area contributed by atoms with Crippen LogP contribution >= 0.6 is 0 Å². The molecule has 94 valence electrons. The summed E-state index contributed by atoms with van der Waals surface area (Å²) in [7, 11) is 0. The van der Waals surface area contributed by atoms with Crippen LogP contribution < -0.4 is 5.73 Å². The minimum atomic E-state index is -1.15. The van der Waals surface area contributed by atoms with Crippen LogP contribution in [0.1, 0.15) is 18.1 Å². The molecule has 0 bridgehead atoms. The normalized spacial score (nSPS) is 26.1. The molecule has 0 saturated carbocycles. The third-order valence-corrected chi connectivity index (χ3v) is 3.40. The summed E-state index contributed by atoms with van der Waals surface area (Å²) in [5.74, 6) is -1.98. The molecular weight excluding hydrogens is 228 g/mol. The fraction of sp³-hybridized carbons (Fsp3) is 0.500. The van der Waals surface area contributed by atoms with Gasteiger partial charge in [-0.05, 0) is 12.5 Å². The monoisotopic (exact) mass is 243 g/mol. The van der Waals surface area contributed by atoms with E-state index < -0.39 is 23.2 Å². The Morgan fingerprint density at radius 2 is 2.24 bits per heavy atom. The van der Waals surface area contributed by atoms with Crippen LogP contribution in [-0.2, 0) is 4.74 Å².